The third-order valence-electron chi connectivity index (χ3n) is 14.9. The van der Waals surface area contributed by atoms with Crippen LogP contribution in [-0.4, -0.2) is 45.2 Å². The molecule has 9 aromatic rings. The van der Waals surface area contributed by atoms with Gasteiger partial charge in [0.2, 0.25) is 0 Å². The van der Waals surface area contributed by atoms with Gasteiger partial charge in [-0.25, -0.2) is 15.0 Å². The highest BCUT2D eigenvalue weighted by atomic mass is 16.3. The fourth-order valence-electron chi connectivity index (χ4n) is 10.9. The Morgan fingerprint density at radius 3 is 0.917 bits per heavy atom. The summed E-state index contributed by atoms with van der Waals surface area (Å²) in [7, 11) is 0. The van der Waals surface area contributed by atoms with Crippen molar-refractivity contribution in [1.29, 1.82) is 0 Å². The molecule has 0 saturated heterocycles. The van der Waals surface area contributed by atoms with Crippen LogP contribution in [0.5, 0.6) is 17.2 Å². The standard InChI is InChI=1S/C21H23N3O.C20H21N3O.C19H19N3O/c25-21-17(12-11-16-9-6-14-23-20(16)21)19(15-7-2-1-3-8-15)24-18-10-4-5-13-22-18;24-20-16(11-10-15-8-5-13-22-19(15)20)18(14-6-1-2-7-14)23-17-9-3-4-12-21-17;23-19-15(10-9-14-7-4-12-21-18(14)19)17(13-5-3-6-13)22-16-8-1-2-11-20-16/h4-6,9-15,19,25H,1-3,7-8H2,(H,22,24);3-5,8-14,18,24H,1-2,6-7H2,(H,21,23);1-2,4,7-13,17,23H,3,5-6H2,(H,20,22). The molecular weight excluding hydrogens is 895 g/mol. The van der Waals surface area contributed by atoms with Crippen LogP contribution < -0.4 is 16.0 Å². The summed E-state index contributed by atoms with van der Waals surface area (Å²) in [6, 6.07) is 41.5. The third kappa shape index (κ3) is 11.0. The zero-order valence-corrected chi connectivity index (χ0v) is 40.6. The summed E-state index contributed by atoms with van der Waals surface area (Å²) in [6.45, 7) is 0. The molecule has 3 fully saturated rings. The number of aromatic nitrogens is 6. The Balaban J connectivity index is 0.000000124. The molecule has 366 valence electrons. The molecule has 12 rings (SSSR count). The maximum absolute atomic E-state index is 10.9. The van der Waals surface area contributed by atoms with Crippen molar-refractivity contribution in [2.45, 2.75) is 95.2 Å². The van der Waals surface area contributed by atoms with Gasteiger partial charge in [-0.15, -0.1) is 0 Å². The van der Waals surface area contributed by atoms with Gasteiger partial charge in [-0.3, -0.25) is 15.0 Å². The van der Waals surface area contributed by atoms with Crippen molar-refractivity contribution in [1.82, 2.24) is 29.9 Å². The van der Waals surface area contributed by atoms with E-state index in [0.717, 1.165) is 50.3 Å². The number of pyridine rings is 6. The van der Waals surface area contributed by atoms with Gasteiger partial charge in [-0.05, 0) is 111 Å². The first-order valence-electron chi connectivity index (χ1n) is 25.7. The summed E-state index contributed by atoms with van der Waals surface area (Å²) in [5.74, 6) is 4.89. The molecule has 0 bridgehead atoms. The summed E-state index contributed by atoms with van der Waals surface area (Å²) < 4.78 is 0. The van der Waals surface area contributed by atoms with Crippen LogP contribution >= 0.6 is 0 Å². The van der Waals surface area contributed by atoms with Gasteiger partial charge >= 0.3 is 0 Å². The Morgan fingerprint density at radius 2 is 0.625 bits per heavy atom. The molecule has 3 atom stereocenters. The predicted molar refractivity (Wildman–Crippen MR) is 288 cm³/mol. The lowest BCUT2D eigenvalue weighted by Crippen LogP contribution is -2.26. The highest BCUT2D eigenvalue weighted by molar-refractivity contribution is 5.87. The average molecular weight is 958 g/mol. The van der Waals surface area contributed by atoms with Crippen LogP contribution in [-0.2, 0) is 0 Å². The number of aromatic hydroxyl groups is 3. The number of phenols is 3. The molecule has 12 heteroatoms. The van der Waals surface area contributed by atoms with E-state index >= 15 is 0 Å². The van der Waals surface area contributed by atoms with Gasteiger partial charge in [0.05, 0.1) is 18.1 Å². The number of fused-ring (bicyclic) bond motifs is 3. The quantitative estimate of drug-likeness (QED) is 0.0685. The Hall–Kier alpha value is -7.86. The maximum atomic E-state index is 10.9. The van der Waals surface area contributed by atoms with Crippen molar-refractivity contribution in [3.8, 4) is 17.2 Å². The highest BCUT2D eigenvalue weighted by Crippen LogP contribution is 2.45. The van der Waals surface area contributed by atoms with Crippen LogP contribution in [0.25, 0.3) is 32.7 Å². The maximum Gasteiger partial charge on any atom is 0.147 e. The molecule has 3 saturated carbocycles. The first-order chi connectivity index (χ1) is 35.5. The zero-order chi connectivity index (χ0) is 49.1. The van der Waals surface area contributed by atoms with Crippen molar-refractivity contribution in [3.05, 3.63) is 181 Å². The third-order valence-corrected chi connectivity index (χ3v) is 14.9. The van der Waals surface area contributed by atoms with E-state index in [1.807, 2.05) is 127 Å². The second kappa shape index (κ2) is 22.9. The van der Waals surface area contributed by atoms with Crippen molar-refractivity contribution in [2.75, 3.05) is 16.0 Å². The van der Waals surface area contributed by atoms with Gasteiger partial charge in [0.1, 0.15) is 51.3 Å². The van der Waals surface area contributed by atoms with E-state index in [9.17, 15) is 15.3 Å². The summed E-state index contributed by atoms with van der Waals surface area (Å²) in [5.41, 5.74) is 4.75. The number of rotatable bonds is 12. The van der Waals surface area contributed by atoms with Gasteiger partial charge in [0.15, 0.2) is 0 Å². The van der Waals surface area contributed by atoms with Crippen LogP contribution in [0, 0.1) is 17.8 Å². The molecule has 0 aliphatic heterocycles. The second-order valence-electron chi connectivity index (χ2n) is 19.4. The van der Waals surface area contributed by atoms with Gasteiger partial charge in [-0.1, -0.05) is 111 Å². The van der Waals surface area contributed by atoms with E-state index in [0.29, 0.717) is 34.3 Å². The topological polar surface area (TPSA) is 174 Å². The predicted octanol–water partition coefficient (Wildman–Crippen LogP) is 14.0. The van der Waals surface area contributed by atoms with Crippen molar-refractivity contribution >= 4 is 50.2 Å². The normalized spacial score (nSPS) is 16.3. The van der Waals surface area contributed by atoms with E-state index in [4.69, 9.17) is 0 Å². The van der Waals surface area contributed by atoms with E-state index in [-0.39, 0.29) is 35.4 Å². The molecule has 72 heavy (non-hydrogen) atoms. The number of hydrogen-bond acceptors (Lipinski definition) is 12. The monoisotopic (exact) mass is 958 g/mol. The lowest BCUT2D eigenvalue weighted by molar-refractivity contribution is 0.273. The molecule has 0 spiro atoms. The SMILES string of the molecule is Oc1c(C(Nc2ccccn2)C2CCC2)ccc2cccnc12.Oc1c(C(Nc2ccccn2)C2CCCC2)ccc2cccnc12.Oc1c(C(Nc2ccccn2)C2CCCCC2)ccc2cccnc12. The van der Waals surface area contributed by atoms with Crippen molar-refractivity contribution in [3.63, 3.8) is 0 Å². The number of nitrogens with one attached hydrogen (secondary N) is 3. The van der Waals surface area contributed by atoms with E-state index in [1.54, 1.807) is 37.2 Å². The number of nitrogens with zero attached hydrogens (tertiary/aromatic N) is 6. The summed E-state index contributed by atoms with van der Waals surface area (Å²) in [6.07, 6.45) is 25.1. The summed E-state index contributed by atoms with van der Waals surface area (Å²) in [4.78, 5) is 26.3. The van der Waals surface area contributed by atoms with Crippen LogP contribution in [0.3, 0.4) is 0 Å². The van der Waals surface area contributed by atoms with Gasteiger partial charge < -0.3 is 31.3 Å². The number of phenolic OH excluding ortho intramolecular Hbond substituents is 3. The molecule has 12 nitrogen and oxygen atoms in total. The molecule has 0 amide bonds. The van der Waals surface area contributed by atoms with Crippen LogP contribution in [0.2, 0.25) is 0 Å². The van der Waals surface area contributed by atoms with Crippen molar-refractivity contribution in [2.24, 2.45) is 17.8 Å². The second-order valence-corrected chi connectivity index (χ2v) is 19.4. The van der Waals surface area contributed by atoms with E-state index < -0.39 is 0 Å². The molecule has 0 radical (unpaired) electrons. The first-order valence-corrected chi connectivity index (χ1v) is 25.7. The van der Waals surface area contributed by atoms with Crippen LogP contribution in [0.1, 0.15) is 112 Å². The minimum absolute atomic E-state index is 0.0432. The lowest BCUT2D eigenvalue weighted by atomic mass is 9.76. The number of anilines is 3. The van der Waals surface area contributed by atoms with E-state index in [1.165, 1.54) is 77.0 Å². The lowest BCUT2D eigenvalue weighted by Gasteiger charge is -2.35. The fourth-order valence-corrected chi connectivity index (χ4v) is 10.9. The Bertz CT molecular complexity index is 3170. The minimum Gasteiger partial charge on any atom is -0.505 e. The molecule has 3 aliphatic rings. The fraction of sp³-hybridized carbons (Fsp3) is 0.300. The number of hydrogen-bond donors (Lipinski definition) is 6. The molecular formula is C60H63N9O3. The van der Waals surface area contributed by atoms with E-state index in [2.05, 4.69) is 45.9 Å². The summed E-state index contributed by atoms with van der Waals surface area (Å²) in [5, 5.41) is 46.0. The Morgan fingerprint density at radius 1 is 0.319 bits per heavy atom. The molecule has 6 heterocycles. The zero-order valence-electron chi connectivity index (χ0n) is 40.6. The van der Waals surface area contributed by atoms with Crippen LogP contribution in [0.4, 0.5) is 17.5 Å². The smallest absolute Gasteiger partial charge is 0.147 e. The van der Waals surface area contributed by atoms with Crippen LogP contribution in [0.15, 0.2) is 165 Å². The Kier molecular flexibility index (Phi) is 15.2. The molecule has 6 N–H and O–H groups in total. The first kappa shape index (κ1) is 47.8. The molecule has 3 aliphatic carbocycles. The molecule has 6 aromatic heterocycles. The number of benzene rings is 3. The van der Waals surface area contributed by atoms with Gasteiger partial charge in [0.25, 0.3) is 0 Å². The van der Waals surface area contributed by atoms with Gasteiger partial charge in [-0.2, -0.15) is 0 Å². The largest absolute Gasteiger partial charge is 0.505 e. The summed E-state index contributed by atoms with van der Waals surface area (Å²) >= 11 is 0. The minimum atomic E-state index is 0.0432. The van der Waals surface area contributed by atoms with Crippen molar-refractivity contribution < 1.29 is 15.3 Å². The average Bonchev–Trinajstić information content (AvgIpc) is 3.97. The molecule has 3 unspecified atom stereocenters. The Labute approximate surface area is 421 Å². The highest BCUT2D eigenvalue weighted by Gasteiger charge is 2.32. The molecule has 3 aromatic carbocycles. The van der Waals surface area contributed by atoms with Gasteiger partial charge in [0, 0.05) is 70.0 Å².